The predicted octanol–water partition coefficient (Wildman–Crippen LogP) is 1.16. The molecule has 0 saturated carbocycles. The van der Waals surface area contributed by atoms with E-state index < -0.39 is 0 Å². The van der Waals surface area contributed by atoms with Crippen LogP contribution in [-0.4, -0.2) is 19.6 Å². The normalized spacial score (nSPS) is 6.50. The third kappa shape index (κ3) is 103. The molecule has 24 valence electrons. The smallest absolute Gasteiger partial charge is 0.0715 e. The van der Waals surface area contributed by atoms with Gasteiger partial charge in [-0.1, -0.05) is 0 Å². The molecule has 0 unspecified atom stereocenters. The van der Waals surface area contributed by atoms with Crippen LogP contribution in [0.5, 0.6) is 0 Å². The van der Waals surface area contributed by atoms with Crippen molar-refractivity contribution in [1.82, 2.24) is 0 Å². The van der Waals surface area contributed by atoms with Crippen molar-refractivity contribution < 1.29 is 0 Å². The zero-order valence-corrected chi connectivity index (χ0v) is 4.05. The number of rotatable bonds is 0. The molecule has 0 aromatic rings. The van der Waals surface area contributed by atoms with E-state index in [1.807, 2.05) is 0 Å². The summed E-state index contributed by atoms with van der Waals surface area (Å²) >= 11 is 0. The topological polar surface area (TPSA) is 0 Å². The van der Waals surface area contributed by atoms with Gasteiger partial charge in [0.25, 0.3) is 0 Å². The number of hydrogen-bond donors (Lipinski definition) is 0. The van der Waals surface area contributed by atoms with Gasteiger partial charge in [-0.25, -0.2) is 0 Å². The summed E-state index contributed by atoms with van der Waals surface area (Å²) < 4.78 is 0. The van der Waals surface area contributed by atoms with Gasteiger partial charge in [-0.15, -0.1) is 0 Å². The first-order chi connectivity index (χ1) is 1.73. The maximum atomic E-state index is 3.70. The van der Waals surface area contributed by atoms with Gasteiger partial charge in [-0.05, 0) is 0 Å². The number of hydrogen-bond acceptors (Lipinski definition) is 0. The van der Waals surface area contributed by atoms with Crippen LogP contribution in [-0.2, 0) is 0 Å². The molecule has 0 N–H and O–H groups in total. The first kappa shape index (κ1) is 4.17. The van der Waals surface area contributed by atoms with Gasteiger partial charge in [0.05, 0.1) is 27.2 Å². The van der Waals surface area contributed by atoms with E-state index >= 15 is 0 Å². The monoisotopic (exact) mass is 75.0 g/mol. The summed E-state index contributed by atoms with van der Waals surface area (Å²) in [5, 5.41) is 0. The van der Waals surface area contributed by atoms with Gasteiger partial charge in [-0.2, -0.15) is 0 Å². The third-order valence-corrected chi connectivity index (χ3v) is 0. The summed E-state index contributed by atoms with van der Waals surface area (Å²) in [6.45, 7) is 4.24. The molecule has 0 saturated heterocycles. The van der Waals surface area contributed by atoms with E-state index in [-0.39, 0.29) is 7.55 Å². The molecule has 0 aliphatic rings. The van der Waals surface area contributed by atoms with Gasteiger partial charge in [0, 0.05) is 0 Å². The molecule has 0 aromatic heterocycles. The Balaban J connectivity index is 2.80. The first-order valence-electron chi connectivity index (χ1n) is 1.21. The molecule has 0 aromatic carbocycles. The Hall–Kier alpha value is 0.170. The average Bonchev–Trinajstić information content (AvgIpc) is 0.811. The molecule has 0 radical (unpaired) electrons. The predicted molar refractivity (Wildman–Crippen MR) is 25.9 cm³/mol. The van der Waals surface area contributed by atoms with Gasteiger partial charge < -0.3 is 0 Å². The summed E-state index contributed by atoms with van der Waals surface area (Å²) in [5.74, 6) is 0. The molecular formula is C3H8P+. The minimum atomic E-state index is 0.130. The molecule has 0 rings (SSSR count). The minimum Gasteiger partial charge on any atom is 0.0715 e. The molecule has 0 aliphatic carbocycles. The Morgan fingerprint density at radius 2 is 1.50 bits per heavy atom. The van der Waals surface area contributed by atoms with Crippen molar-refractivity contribution in [3.63, 3.8) is 0 Å². The molecular weight excluding hydrogens is 67.0 g/mol. The molecule has 0 amide bonds. The van der Waals surface area contributed by atoms with Crippen LogP contribution in [0.25, 0.3) is 0 Å². The van der Waals surface area contributed by atoms with Crippen LogP contribution in [0, 0.1) is 0 Å². The molecule has 0 nitrogen and oxygen atoms in total. The second-order valence-electron chi connectivity index (χ2n) is 1.08. The van der Waals surface area contributed by atoms with E-state index in [2.05, 4.69) is 19.6 Å². The van der Waals surface area contributed by atoms with Gasteiger partial charge in [0.15, 0.2) is 0 Å². The molecule has 0 bridgehead atoms. The lowest BCUT2D eigenvalue weighted by molar-refractivity contribution is 2.30. The molecule has 0 atom stereocenters. The second kappa shape index (κ2) is 1.49. The van der Waals surface area contributed by atoms with Crippen molar-refractivity contribution in [1.29, 1.82) is 0 Å². The highest BCUT2D eigenvalue weighted by Crippen LogP contribution is 1.99. The summed E-state index contributed by atoms with van der Waals surface area (Å²) in [6, 6.07) is 0. The molecule has 4 heavy (non-hydrogen) atoms. The highest BCUT2D eigenvalue weighted by atomic mass is 31.1. The highest BCUT2D eigenvalue weighted by molar-refractivity contribution is 7.54. The Morgan fingerprint density at radius 1 is 1.50 bits per heavy atom. The summed E-state index contributed by atoms with van der Waals surface area (Å²) in [5.41, 5.74) is 0. The Labute approximate surface area is 28.2 Å². The lowest BCUT2D eigenvalue weighted by atomic mass is 11.9. The van der Waals surface area contributed by atoms with Crippen LogP contribution in [0.15, 0.2) is 0 Å². The van der Waals surface area contributed by atoms with Crippen LogP contribution in [0.1, 0.15) is 0 Å². The fraction of sp³-hybridized carbons (Fsp3) is 0.667. The van der Waals surface area contributed by atoms with E-state index in [1.54, 1.807) is 0 Å². The van der Waals surface area contributed by atoms with Gasteiger partial charge in [0.2, 0.25) is 0 Å². The molecule has 1 heteroatoms. The zero-order chi connectivity index (χ0) is 3.58. The van der Waals surface area contributed by atoms with Gasteiger partial charge in [-0.3, -0.25) is 0 Å². The summed E-state index contributed by atoms with van der Waals surface area (Å²) in [7, 11) is 0.130. The van der Waals surface area contributed by atoms with Crippen LogP contribution in [0.2, 0.25) is 0 Å². The van der Waals surface area contributed by atoms with Crippen molar-refractivity contribution in [2.24, 2.45) is 0 Å². The van der Waals surface area contributed by atoms with Crippen molar-refractivity contribution in [2.45, 2.75) is 0 Å². The van der Waals surface area contributed by atoms with E-state index in [0.717, 1.165) is 0 Å². The largest absolute Gasteiger partial charge is 0.0951 e. The Morgan fingerprint density at radius 3 is 1.50 bits per heavy atom. The molecule has 0 heterocycles. The van der Waals surface area contributed by atoms with Crippen molar-refractivity contribution in [3.8, 4) is 0 Å². The molecule has 0 aliphatic heterocycles. The lowest BCUT2D eigenvalue weighted by Crippen LogP contribution is -1.35. The first-order valence-corrected chi connectivity index (χ1v) is 3.63. The van der Waals surface area contributed by atoms with Crippen LogP contribution in [0.4, 0.5) is 0 Å². The van der Waals surface area contributed by atoms with Crippen molar-refractivity contribution >= 4 is 13.8 Å². The molecule has 0 spiro atoms. The zero-order valence-electron chi connectivity index (χ0n) is 3.15. The van der Waals surface area contributed by atoms with E-state index in [1.165, 1.54) is 0 Å². The Bertz CT molecular complexity index is 26.3. The maximum Gasteiger partial charge on any atom is 0.0951 e. The third-order valence-electron chi connectivity index (χ3n) is 0. The fourth-order valence-electron chi connectivity index (χ4n) is 0. The summed E-state index contributed by atoms with van der Waals surface area (Å²) in [4.78, 5) is 0. The summed E-state index contributed by atoms with van der Waals surface area (Å²) in [6.07, 6.45) is 3.70. The Kier molecular flexibility index (Phi) is 1.55. The van der Waals surface area contributed by atoms with Gasteiger partial charge in [0.1, 0.15) is 0 Å². The van der Waals surface area contributed by atoms with E-state index in [9.17, 15) is 0 Å². The van der Waals surface area contributed by atoms with Crippen LogP contribution < -0.4 is 0 Å². The minimum absolute atomic E-state index is 0.130. The van der Waals surface area contributed by atoms with E-state index in [4.69, 9.17) is 0 Å². The maximum absolute atomic E-state index is 3.70. The lowest BCUT2D eigenvalue weighted by Gasteiger charge is -1.49. The van der Waals surface area contributed by atoms with Crippen LogP contribution >= 0.6 is 7.55 Å². The van der Waals surface area contributed by atoms with E-state index in [0.29, 0.717) is 0 Å². The van der Waals surface area contributed by atoms with Crippen molar-refractivity contribution in [3.05, 3.63) is 0 Å². The van der Waals surface area contributed by atoms with Gasteiger partial charge >= 0.3 is 0 Å². The highest BCUT2D eigenvalue weighted by Gasteiger charge is 1.67. The standard InChI is InChI=1S/C3H8P/c1-4(2)3/h1H2,2-3H3/q+1. The second-order valence-corrected chi connectivity index (χ2v) is 3.24. The average molecular weight is 75.1 g/mol. The molecule has 0 fully saturated rings. The van der Waals surface area contributed by atoms with Crippen molar-refractivity contribution in [2.75, 3.05) is 13.3 Å². The van der Waals surface area contributed by atoms with Crippen LogP contribution in [0.3, 0.4) is 0 Å². The fourth-order valence-corrected chi connectivity index (χ4v) is 0. The quantitative estimate of drug-likeness (QED) is 0.379. The SMILES string of the molecule is C=[P+](C)C.